The van der Waals surface area contributed by atoms with Gasteiger partial charge in [-0.15, -0.1) is 0 Å². The van der Waals surface area contributed by atoms with Gasteiger partial charge in [0.15, 0.2) is 0 Å². The van der Waals surface area contributed by atoms with Crippen LogP contribution in [0.1, 0.15) is 42.5 Å². The van der Waals surface area contributed by atoms with Gasteiger partial charge in [-0.1, -0.05) is 6.42 Å². The first-order valence-electron chi connectivity index (χ1n) is 9.80. The Labute approximate surface area is 162 Å². The van der Waals surface area contributed by atoms with Crippen LogP contribution in [0.15, 0.2) is 18.2 Å². The zero-order chi connectivity index (χ0) is 19.7. The van der Waals surface area contributed by atoms with E-state index in [2.05, 4.69) is 0 Å². The van der Waals surface area contributed by atoms with Gasteiger partial charge < -0.3 is 14.4 Å². The topological polar surface area (TPSA) is 59.1 Å². The number of rotatable bonds is 2. The number of ether oxygens (including phenoxy) is 2. The second kappa shape index (κ2) is 7.75. The smallest absolute Gasteiger partial charge is 0.257 e. The molecule has 1 spiro atoms. The van der Waals surface area contributed by atoms with Gasteiger partial charge in [-0.3, -0.25) is 14.5 Å². The van der Waals surface area contributed by atoms with E-state index in [1.54, 1.807) is 4.90 Å². The van der Waals surface area contributed by atoms with Gasteiger partial charge in [0.2, 0.25) is 5.91 Å². The van der Waals surface area contributed by atoms with E-state index in [-0.39, 0.29) is 18.1 Å². The lowest BCUT2D eigenvalue weighted by Crippen LogP contribution is -2.58. The molecule has 3 aliphatic rings. The fourth-order valence-corrected chi connectivity index (χ4v) is 4.47. The van der Waals surface area contributed by atoms with Gasteiger partial charge in [0, 0.05) is 24.7 Å². The maximum absolute atomic E-state index is 13.7. The van der Waals surface area contributed by atoms with Gasteiger partial charge >= 0.3 is 0 Å². The number of nitrogens with zero attached hydrogens (tertiary/aromatic N) is 2. The van der Waals surface area contributed by atoms with Crippen molar-refractivity contribution >= 4 is 11.8 Å². The normalized spacial score (nSPS) is 24.6. The van der Waals surface area contributed by atoms with Crippen LogP contribution < -0.4 is 0 Å². The summed E-state index contributed by atoms with van der Waals surface area (Å²) >= 11 is 0. The van der Waals surface area contributed by atoms with E-state index in [0.717, 1.165) is 37.5 Å². The summed E-state index contributed by atoms with van der Waals surface area (Å²) < 4.78 is 38.8. The van der Waals surface area contributed by atoms with E-state index < -0.39 is 29.3 Å². The Kier molecular flexibility index (Phi) is 5.33. The van der Waals surface area contributed by atoms with Gasteiger partial charge in [-0.25, -0.2) is 8.78 Å². The Morgan fingerprint density at radius 3 is 2.29 bits per heavy atom. The van der Waals surface area contributed by atoms with Crippen LogP contribution in [0.2, 0.25) is 0 Å². The van der Waals surface area contributed by atoms with E-state index in [1.165, 1.54) is 4.90 Å². The molecule has 2 aliphatic heterocycles. The van der Waals surface area contributed by atoms with Crippen molar-refractivity contribution in [3.8, 4) is 0 Å². The summed E-state index contributed by atoms with van der Waals surface area (Å²) in [6.07, 6.45) is 4.01. The van der Waals surface area contributed by atoms with Gasteiger partial charge in [-0.2, -0.15) is 0 Å². The van der Waals surface area contributed by atoms with Gasteiger partial charge in [0.1, 0.15) is 23.4 Å². The summed E-state index contributed by atoms with van der Waals surface area (Å²) in [4.78, 5) is 29.6. The van der Waals surface area contributed by atoms with Crippen molar-refractivity contribution in [1.82, 2.24) is 9.80 Å². The third kappa shape index (κ3) is 3.51. The molecule has 1 saturated carbocycles. The molecule has 0 bridgehead atoms. The van der Waals surface area contributed by atoms with Crippen molar-refractivity contribution in [3.05, 3.63) is 35.4 Å². The van der Waals surface area contributed by atoms with Crippen LogP contribution in [-0.2, 0) is 14.3 Å². The number of carbonyl (C=O) groups excluding carboxylic acids is 2. The highest BCUT2D eigenvalue weighted by molar-refractivity contribution is 5.98. The highest BCUT2D eigenvalue weighted by Gasteiger charge is 2.53. The molecule has 0 N–H and O–H groups in total. The van der Waals surface area contributed by atoms with E-state index in [4.69, 9.17) is 9.47 Å². The maximum atomic E-state index is 13.7. The van der Waals surface area contributed by atoms with E-state index in [0.29, 0.717) is 39.1 Å². The summed E-state index contributed by atoms with van der Waals surface area (Å²) in [5.74, 6) is -2.41. The molecule has 8 heteroatoms. The molecule has 1 aromatic carbocycles. The fourth-order valence-electron chi connectivity index (χ4n) is 4.47. The van der Waals surface area contributed by atoms with Gasteiger partial charge in [0.25, 0.3) is 5.91 Å². The van der Waals surface area contributed by atoms with Gasteiger partial charge in [0.05, 0.1) is 19.8 Å². The number of hydrogen-bond donors (Lipinski definition) is 0. The largest absolute Gasteiger partial charge is 0.378 e. The molecule has 152 valence electrons. The number of halogens is 2. The Balaban J connectivity index is 1.67. The minimum absolute atomic E-state index is 0.0970. The molecule has 3 fully saturated rings. The third-order valence-corrected chi connectivity index (χ3v) is 5.83. The van der Waals surface area contributed by atoms with Crippen molar-refractivity contribution in [2.75, 3.05) is 32.9 Å². The lowest BCUT2D eigenvalue weighted by Gasteiger charge is -2.42. The molecule has 2 heterocycles. The van der Waals surface area contributed by atoms with E-state index in [9.17, 15) is 18.4 Å². The molecule has 6 nitrogen and oxygen atoms in total. The van der Waals surface area contributed by atoms with E-state index in [1.807, 2.05) is 0 Å². The molecule has 2 saturated heterocycles. The van der Waals surface area contributed by atoms with Crippen LogP contribution in [-0.4, -0.2) is 66.3 Å². The Bertz CT molecular complexity index is 740. The minimum Gasteiger partial charge on any atom is -0.378 e. The quantitative estimate of drug-likeness (QED) is 0.773. The van der Waals surface area contributed by atoms with Crippen molar-refractivity contribution in [2.24, 2.45) is 0 Å². The van der Waals surface area contributed by atoms with Crippen LogP contribution in [0.3, 0.4) is 0 Å². The molecule has 1 aromatic rings. The Morgan fingerprint density at radius 2 is 1.64 bits per heavy atom. The monoisotopic (exact) mass is 394 g/mol. The number of benzene rings is 1. The van der Waals surface area contributed by atoms with Crippen molar-refractivity contribution in [1.29, 1.82) is 0 Å². The van der Waals surface area contributed by atoms with Crippen molar-refractivity contribution in [2.45, 2.75) is 43.9 Å². The highest BCUT2D eigenvalue weighted by Crippen LogP contribution is 2.41. The lowest BCUT2D eigenvalue weighted by atomic mass is 9.89. The molecule has 2 amide bonds. The predicted octanol–water partition coefficient (Wildman–Crippen LogP) is 2.33. The Morgan fingerprint density at radius 1 is 1.00 bits per heavy atom. The number of carbonyl (C=O) groups is 2. The minimum atomic E-state index is -0.884. The SMILES string of the molecule is O=C([C@H]1COC2(CCCCC2)N1C(=O)c1cc(F)cc(F)c1)N1CCOCC1. The van der Waals surface area contributed by atoms with Crippen LogP contribution in [0.4, 0.5) is 8.78 Å². The van der Waals surface area contributed by atoms with Crippen LogP contribution in [0, 0.1) is 11.6 Å². The standard InChI is InChI=1S/C20H24F2N2O4/c21-15-10-14(11-16(22)12-15)18(25)24-17(19(26)23-6-8-27-9-7-23)13-28-20(24)4-2-1-3-5-20/h10-12,17H,1-9,13H2/t17-/m1/s1. The molecule has 0 radical (unpaired) electrons. The molecular formula is C20H24F2N2O4. The van der Waals surface area contributed by atoms with E-state index >= 15 is 0 Å². The molecule has 1 atom stereocenters. The molecule has 28 heavy (non-hydrogen) atoms. The predicted molar refractivity (Wildman–Crippen MR) is 95.5 cm³/mol. The fraction of sp³-hybridized carbons (Fsp3) is 0.600. The zero-order valence-corrected chi connectivity index (χ0v) is 15.7. The number of amides is 2. The van der Waals surface area contributed by atoms with Gasteiger partial charge in [-0.05, 0) is 37.8 Å². The third-order valence-electron chi connectivity index (χ3n) is 5.83. The molecule has 0 aromatic heterocycles. The first kappa shape index (κ1) is 19.3. The molecule has 1 aliphatic carbocycles. The summed E-state index contributed by atoms with van der Waals surface area (Å²) in [6, 6.07) is 1.95. The van der Waals surface area contributed by atoms with Crippen molar-refractivity contribution < 1.29 is 27.8 Å². The van der Waals surface area contributed by atoms with Crippen LogP contribution >= 0.6 is 0 Å². The maximum Gasteiger partial charge on any atom is 0.257 e. The first-order chi connectivity index (χ1) is 13.5. The molecular weight excluding hydrogens is 370 g/mol. The first-order valence-corrected chi connectivity index (χ1v) is 9.80. The number of hydrogen-bond acceptors (Lipinski definition) is 4. The highest BCUT2D eigenvalue weighted by atomic mass is 19.1. The van der Waals surface area contributed by atoms with Crippen LogP contribution in [0.5, 0.6) is 0 Å². The molecule has 0 unspecified atom stereocenters. The summed E-state index contributed by atoms with van der Waals surface area (Å²) in [5, 5.41) is 0. The second-order valence-corrected chi connectivity index (χ2v) is 7.60. The average Bonchev–Trinajstić information content (AvgIpc) is 3.05. The second-order valence-electron chi connectivity index (χ2n) is 7.60. The summed E-state index contributed by atoms with van der Waals surface area (Å²) in [5.41, 5.74) is -0.988. The number of morpholine rings is 1. The Hall–Kier alpha value is -2.06. The zero-order valence-electron chi connectivity index (χ0n) is 15.7. The average molecular weight is 394 g/mol. The van der Waals surface area contributed by atoms with Crippen molar-refractivity contribution in [3.63, 3.8) is 0 Å². The van der Waals surface area contributed by atoms with Crippen LogP contribution in [0.25, 0.3) is 0 Å². The lowest BCUT2D eigenvalue weighted by molar-refractivity contribution is -0.141. The molecule has 4 rings (SSSR count). The summed E-state index contributed by atoms with van der Waals surface area (Å²) in [6.45, 7) is 1.92. The summed E-state index contributed by atoms with van der Waals surface area (Å²) in [7, 11) is 0.